The number of piperazine rings is 1. The maximum Gasteiger partial charge on any atom is 0.123 e. The lowest BCUT2D eigenvalue weighted by Gasteiger charge is -2.35. The molecule has 0 N–H and O–H groups in total. The largest absolute Gasteiger partial charge is 0.304 e. The van der Waals surface area contributed by atoms with Crippen LogP contribution in [0.5, 0.6) is 0 Å². The molecule has 2 heterocycles. The number of nitriles is 1. The molecule has 2 aromatic rings. The number of pyridine rings is 1. The first-order valence-electron chi connectivity index (χ1n) is 7.37. The smallest absolute Gasteiger partial charge is 0.123 e. The fourth-order valence-corrected chi connectivity index (χ4v) is 2.86. The highest BCUT2D eigenvalue weighted by molar-refractivity contribution is 5.79. The molecule has 0 aliphatic carbocycles. The zero-order chi connectivity index (χ0) is 14.8. The number of aryl methyl sites for hydroxylation is 1. The fraction of sp³-hybridized carbons (Fsp3) is 0.412. The van der Waals surface area contributed by atoms with E-state index in [0.717, 1.165) is 48.3 Å². The Morgan fingerprint density at radius 3 is 2.62 bits per heavy atom. The summed E-state index contributed by atoms with van der Waals surface area (Å²) in [7, 11) is 2.13. The van der Waals surface area contributed by atoms with Crippen LogP contribution in [0.1, 0.15) is 17.3 Å². The molecule has 3 rings (SSSR count). The highest BCUT2D eigenvalue weighted by Gasteiger charge is 2.23. The Hall–Kier alpha value is -1.96. The second kappa shape index (κ2) is 5.80. The highest BCUT2D eigenvalue weighted by Crippen LogP contribution is 2.24. The van der Waals surface area contributed by atoms with Crippen molar-refractivity contribution < 1.29 is 0 Å². The molecule has 0 radical (unpaired) electrons. The Morgan fingerprint density at radius 2 is 1.90 bits per heavy atom. The second-order valence-corrected chi connectivity index (χ2v) is 5.78. The van der Waals surface area contributed by atoms with E-state index < -0.39 is 0 Å². The molecule has 1 aliphatic rings. The summed E-state index contributed by atoms with van der Waals surface area (Å²) in [6.45, 7) is 5.92. The van der Waals surface area contributed by atoms with E-state index in [4.69, 9.17) is 0 Å². The number of benzene rings is 1. The van der Waals surface area contributed by atoms with Gasteiger partial charge in [-0.15, -0.1) is 0 Å². The molecule has 1 unspecified atom stereocenters. The molecule has 4 heteroatoms. The van der Waals surface area contributed by atoms with Gasteiger partial charge in [-0.25, -0.2) is 0 Å². The summed E-state index contributed by atoms with van der Waals surface area (Å²) >= 11 is 0. The van der Waals surface area contributed by atoms with Crippen LogP contribution in [0.15, 0.2) is 30.3 Å². The van der Waals surface area contributed by atoms with E-state index in [1.807, 2.05) is 25.1 Å². The van der Waals surface area contributed by atoms with Crippen molar-refractivity contribution in [1.29, 1.82) is 5.26 Å². The standard InChI is InChI=1S/C17H20N4/c1-13-3-4-14-11-15(5-6-16(14)19-13)17(12-18)21-9-7-20(2)8-10-21/h3-6,11,17H,7-10H2,1-2H3. The zero-order valence-corrected chi connectivity index (χ0v) is 12.6. The van der Waals surface area contributed by atoms with Crippen molar-refractivity contribution >= 4 is 10.9 Å². The van der Waals surface area contributed by atoms with Crippen LogP contribution in [0.4, 0.5) is 0 Å². The molecule has 1 aromatic carbocycles. The van der Waals surface area contributed by atoms with Crippen LogP contribution < -0.4 is 0 Å². The predicted octanol–water partition coefficient (Wildman–Crippen LogP) is 2.36. The Labute approximate surface area is 125 Å². The van der Waals surface area contributed by atoms with Crippen LogP contribution in [0.25, 0.3) is 10.9 Å². The van der Waals surface area contributed by atoms with Gasteiger partial charge in [0.1, 0.15) is 6.04 Å². The summed E-state index contributed by atoms with van der Waals surface area (Å²) in [6.07, 6.45) is 0. The van der Waals surface area contributed by atoms with Gasteiger partial charge in [0.05, 0.1) is 11.6 Å². The first-order chi connectivity index (χ1) is 10.2. The molecule has 1 aromatic heterocycles. The van der Waals surface area contributed by atoms with E-state index in [1.165, 1.54) is 0 Å². The SMILES string of the molecule is Cc1ccc2cc(C(C#N)N3CCN(C)CC3)ccc2n1. The molecule has 4 nitrogen and oxygen atoms in total. The molecule has 0 amide bonds. The molecule has 0 spiro atoms. The fourth-order valence-electron chi connectivity index (χ4n) is 2.86. The number of nitrogens with zero attached hydrogens (tertiary/aromatic N) is 4. The molecular weight excluding hydrogens is 260 g/mol. The van der Waals surface area contributed by atoms with Gasteiger partial charge >= 0.3 is 0 Å². The molecule has 21 heavy (non-hydrogen) atoms. The number of fused-ring (bicyclic) bond motifs is 1. The quantitative estimate of drug-likeness (QED) is 0.847. The Morgan fingerprint density at radius 1 is 1.14 bits per heavy atom. The number of aromatic nitrogens is 1. The van der Waals surface area contributed by atoms with E-state index in [1.54, 1.807) is 0 Å². The molecule has 1 atom stereocenters. The van der Waals surface area contributed by atoms with Gasteiger partial charge in [-0.3, -0.25) is 9.88 Å². The first-order valence-corrected chi connectivity index (χ1v) is 7.37. The molecule has 1 fully saturated rings. The normalized spacial score (nSPS) is 18.5. The van der Waals surface area contributed by atoms with Gasteiger partial charge in [-0.1, -0.05) is 12.1 Å². The topological polar surface area (TPSA) is 43.2 Å². The summed E-state index contributed by atoms with van der Waals surface area (Å²) in [5.41, 5.74) is 3.08. The lowest BCUT2D eigenvalue weighted by molar-refractivity contribution is 0.133. The summed E-state index contributed by atoms with van der Waals surface area (Å²) in [4.78, 5) is 9.09. The molecular formula is C17H20N4. The highest BCUT2D eigenvalue weighted by atomic mass is 15.3. The average molecular weight is 280 g/mol. The molecule has 0 saturated carbocycles. The van der Waals surface area contributed by atoms with Crippen molar-refractivity contribution in [2.24, 2.45) is 0 Å². The Kier molecular flexibility index (Phi) is 3.87. The number of hydrogen-bond donors (Lipinski definition) is 0. The Bertz CT molecular complexity index is 681. The number of hydrogen-bond acceptors (Lipinski definition) is 4. The van der Waals surface area contributed by atoms with Crippen molar-refractivity contribution in [3.63, 3.8) is 0 Å². The molecule has 1 aliphatic heterocycles. The third-order valence-corrected chi connectivity index (χ3v) is 4.19. The van der Waals surface area contributed by atoms with Crippen LogP contribution in [0.2, 0.25) is 0 Å². The van der Waals surface area contributed by atoms with Gasteiger partial charge < -0.3 is 4.90 Å². The maximum atomic E-state index is 9.59. The third kappa shape index (κ3) is 2.90. The lowest BCUT2D eigenvalue weighted by atomic mass is 10.0. The van der Waals surface area contributed by atoms with Crippen molar-refractivity contribution in [2.45, 2.75) is 13.0 Å². The van der Waals surface area contributed by atoms with Gasteiger partial charge in [0.25, 0.3) is 0 Å². The first kappa shape index (κ1) is 14.0. The van der Waals surface area contributed by atoms with Crippen molar-refractivity contribution in [2.75, 3.05) is 33.2 Å². The average Bonchev–Trinajstić information content (AvgIpc) is 2.50. The summed E-state index contributed by atoms with van der Waals surface area (Å²) in [6, 6.07) is 12.6. The monoisotopic (exact) mass is 280 g/mol. The van der Waals surface area contributed by atoms with E-state index >= 15 is 0 Å². The van der Waals surface area contributed by atoms with Gasteiger partial charge in [0.2, 0.25) is 0 Å². The van der Waals surface area contributed by atoms with Crippen molar-refractivity contribution in [3.8, 4) is 6.07 Å². The van der Waals surface area contributed by atoms with Gasteiger partial charge in [0, 0.05) is 37.3 Å². The third-order valence-electron chi connectivity index (χ3n) is 4.19. The van der Waals surface area contributed by atoms with Gasteiger partial charge in [-0.05, 0) is 37.7 Å². The number of rotatable bonds is 2. The van der Waals surface area contributed by atoms with E-state index in [0.29, 0.717) is 0 Å². The van der Waals surface area contributed by atoms with E-state index in [2.05, 4.69) is 40.0 Å². The number of likely N-dealkylation sites (N-methyl/N-ethyl adjacent to an activating group) is 1. The summed E-state index contributed by atoms with van der Waals surface area (Å²) in [5.74, 6) is 0. The maximum absolute atomic E-state index is 9.59. The summed E-state index contributed by atoms with van der Waals surface area (Å²) in [5, 5.41) is 10.7. The molecule has 1 saturated heterocycles. The van der Waals surface area contributed by atoms with Crippen LogP contribution in [0, 0.1) is 18.3 Å². The van der Waals surface area contributed by atoms with Crippen LogP contribution in [-0.4, -0.2) is 48.0 Å². The summed E-state index contributed by atoms with van der Waals surface area (Å²) < 4.78 is 0. The van der Waals surface area contributed by atoms with Crippen molar-refractivity contribution in [1.82, 2.24) is 14.8 Å². The minimum atomic E-state index is -0.163. The predicted molar refractivity (Wildman–Crippen MR) is 83.9 cm³/mol. The van der Waals surface area contributed by atoms with E-state index in [9.17, 15) is 5.26 Å². The Balaban J connectivity index is 1.90. The van der Waals surface area contributed by atoms with Crippen molar-refractivity contribution in [3.05, 3.63) is 41.6 Å². The second-order valence-electron chi connectivity index (χ2n) is 5.78. The van der Waals surface area contributed by atoms with Crippen LogP contribution in [0.3, 0.4) is 0 Å². The van der Waals surface area contributed by atoms with Crippen LogP contribution >= 0.6 is 0 Å². The zero-order valence-electron chi connectivity index (χ0n) is 12.6. The minimum absolute atomic E-state index is 0.163. The minimum Gasteiger partial charge on any atom is -0.304 e. The molecule has 0 bridgehead atoms. The lowest BCUT2D eigenvalue weighted by Crippen LogP contribution is -2.45. The van der Waals surface area contributed by atoms with Gasteiger partial charge in [0.15, 0.2) is 0 Å². The van der Waals surface area contributed by atoms with Crippen LogP contribution in [-0.2, 0) is 0 Å². The van der Waals surface area contributed by atoms with Gasteiger partial charge in [-0.2, -0.15) is 5.26 Å². The van der Waals surface area contributed by atoms with E-state index in [-0.39, 0.29) is 6.04 Å². The molecule has 108 valence electrons.